The second kappa shape index (κ2) is 6.09. The summed E-state index contributed by atoms with van der Waals surface area (Å²) in [4.78, 5) is 12.0. The minimum absolute atomic E-state index is 0.0971. The van der Waals surface area contributed by atoms with Crippen molar-refractivity contribution in [2.24, 2.45) is 5.92 Å². The first-order valence-electron chi connectivity index (χ1n) is 7.26. The third kappa shape index (κ3) is 3.49. The Kier molecular flexibility index (Phi) is 4.46. The topological polar surface area (TPSA) is 41.1 Å². The van der Waals surface area contributed by atoms with Gasteiger partial charge in [-0.05, 0) is 55.7 Å². The molecule has 0 fully saturated rings. The van der Waals surface area contributed by atoms with Crippen LogP contribution in [0.25, 0.3) is 0 Å². The number of urea groups is 1. The predicted octanol–water partition coefficient (Wildman–Crippen LogP) is 3.73. The lowest BCUT2D eigenvalue weighted by Gasteiger charge is -2.21. The van der Waals surface area contributed by atoms with Crippen molar-refractivity contribution < 1.29 is 4.79 Å². The monoisotopic (exact) mass is 260 g/mol. The smallest absolute Gasteiger partial charge is 0.319 e. The van der Waals surface area contributed by atoms with E-state index in [1.807, 2.05) is 19.1 Å². The molecular weight excluding hydrogens is 236 g/mol. The summed E-state index contributed by atoms with van der Waals surface area (Å²) in [5.74, 6) is 0.440. The van der Waals surface area contributed by atoms with E-state index in [0.717, 1.165) is 18.5 Å². The van der Waals surface area contributed by atoms with Crippen LogP contribution in [0, 0.1) is 5.92 Å². The van der Waals surface area contributed by atoms with Crippen molar-refractivity contribution in [2.45, 2.75) is 52.5 Å². The summed E-state index contributed by atoms with van der Waals surface area (Å²) in [5, 5.41) is 5.99. The first-order chi connectivity index (χ1) is 9.08. The third-order valence-electron chi connectivity index (χ3n) is 4.00. The van der Waals surface area contributed by atoms with Gasteiger partial charge in [0.1, 0.15) is 0 Å². The molecule has 0 aliphatic heterocycles. The summed E-state index contributed by atoms with van der Waals surface area (Å²) < 4.78 is 0. The average molecular weight is 260 g/mol. The molecule has 3 heteroatoms. The van der Waals surface area contributed by atoms with E-state index < -0.39 is 0 Å². The number of carbonyl (C=O) groups excluding carboxylic acids is 1. The molecule has 1 atom stereocenters. The lowest BCUT2D eigenvalue weighted by molar-refractivity contribution is 0.246. The van der Waals surface area contributed by atoms with Crippen molar-refractivity contribution in [2.75, 3.05) is 5.32 Å². The van der Waals surface area contributed by atoms with Gasteiger partial charge in [-0.1, -0.05) is 26.0 Å². The van der Waals surface area contributed by atoms with Gasteiger partial charge in [-0.15, -0.1) is 0 Å². The molecule has 2 amide bonds. The molecule has 0 spiro atoms. The lowest BCUT2D eigenvalue weighted by atomic mass is 9.90. The Labute approximate surface area is 115 Å². The maximum atomic E-state index is 12.0. The van der Waals surface area contributed by atoms with E-state index >= 15 is 0 Å². The molecule has 1 unspecified atom stereocenters. The fourth-order valence-corrected chi connectivity index (χ4v) is 2.43. The highest BCUT2D eigenvalue weighted by Crippen LogP contribution is 2.27. The Morgan fingerprint density at radius 1 is 1.16 bits per heavy atom. The number of carbonyl (C=O) groups is 1. The number of hydrogen-bond acceptors (Lipinski definition) is 1. The Bertz CT molecular complexity index is 454. The van der Waals surface area contributed by atoms with Gasteiger partial charge in [-0.2, -0.15) is 0 Å². The maximum Gasteiger partial charge on any atom is 0.319 e. The number of fused-ring (bicyclic) bond motifs is 1. The van der Waals surface area contributed by atoms with E-state index in [0.29, 0.717) is 5.92 Å². The van der Waals surface area contributed by atoms with Crippen LogP contribution < -0.4 is 10.6 Å². The summed E-state index contributed by atoms with van der Waals surface area (Å²) in [6, 6.07) is 6.30. The number of nitrogens with one attached hydrogen (secondary N) is 2. The Morgan fingerprint density at radius 3 is 2.63 bits per heavy atom. The molecule has 0 saturated heterocycles. The van der Waals surface area contributed by atoms with Gasteiger partial charge < -0.3 is 10.6 Å². The molecule has 0 heterocycles. The highest BCUT2D eigenvalue weighted by atomic mass is 16.2. The van der Waals surface area contributed by atoms with Gasteiger partial charge in [0.25, 0.3) is 0 Å². The number of rotatable bonds is 3. The van der Waals surface area contributed by atoms with Gasteiger partial charge in [-0.25, -0.2) is 4.79 Å². The van der Waals surface area contributed by atoms with Crippen molar-refractivity contribution >= 4 is 11.7 Å². The van der Waals surface area contributed by atoms with Gasteiger partial charge in [0.05, 0.1) is 0 Å². The van der Waals surface area contributed by atoms with Crippen molar-refractivity contribution in [1.82, 2.24) is 5.32 Å². The standard InChI is InChI=1S/C16H24N2O/c1-11(2)12(3)17-16(19)18-15-10-6-8-13-7-4-5-9-14(13)15/h6,8,10-12H,4-5,7,9H2,1-3H3,(H2,17,18,19). The van der Waals surface area contributed by atoms with Crippen LogP contribution in [0.5, 0.6) is 0 Å². The largest absolute Gasteiger partial charge is 0.335 e. The number of amides is 2. The first kappa shape index (κ1) is 13.9. The molecule has 1 aliphatic rings. The van der Waals surface area contributed by atoms with Gasteiger partial charge in [0.2, 0.25) is 0 Å². The Morgan fingerprint density at radius 2 is 1.89 bits per heavy atom. The van der Waals surface area contributed by atoms with Crippen LogP contribution in [0.3, 0.4) is 0 Å². The van der Waals surface area contributed by atoms with E-state index in [4.69, 9.17) is 0 Å². The number of aryl methyl sites for hydroxylation is 1. The fraction of sp³-hybridized carbons (Fsp3) is 0.562. The molecule has 2 rings (SSSR count). The molecule has 3 nitrogen and oxygen atoms in total. The number of anilines is 1. The lowest BCUT2D eigenvalue weighted by Crippen LogP contribution is -2.39. The Hall–Kier alpha value is -1.51. The van der Waals surface area contributed by atoms with Crippen LogP contribution >= 0.6 is 0 Å². The van der Waals surface area contributed by atoms with E-state index in [-0.39, 0.29) is 12.1 Å². The molecular formula is C16H24N2O. The highest BCUT2D eigenvalue weighted by Gasteiger charge is 2.15. The van der Waals surface area contributed by atoms with Crippen LogP contribution in [-0.2, 0) is 12.8 Å². The third-order valence-corrected chi connectivity index (χ3v) is 4.00. The average Bonchev–Trinajstić information content (AvgIpc) is 2.39. The normalized spacial score (nSPS) is 15.8. The molecule has 0 bridgehead atoms. The van der Waals surface area contributed by atoms with Crippen molar-refractivity contribution in [3.05, 3.63) is 29.3 Å². The van der Waals surface area contributed by atoms with E-state index in [9.17, 15) is 4.79 Å². The molecule has 19 heavy (non-hydrogen) atoms. The molecule has 0 radical (unpaired) electrons. The van der Waals surface area contributed by atoms with Gasteiger partial charge in [-0.3, -0.25) is 0 Å². The second-order valence-electron chi connectivity index (χ2n) is 5.78. The molecule has 2 N–H and O–H groups in total. The summed E-state index contributed by atoms with van der Waals surface area (Å²) in [7, 11) is 0. The molecule has 1 aromatic rings. The first-order valence-corrected chi connectivity index (χ1v) is 7.26. The quantitative estimate of drug-likeness (QED) is 0.854. The van der Waals surface area contributed by atoms with E-state index in [2.05, 4.69) is 30.5 Å². The van der Waals surface area contributed by atoms with Crippen LogP contribution in [0.15, 0.2) is 18.2 Å². The SMILES string of the molecule is CC(C)C(C)NC(=O)Nc1cccc2c1CCCC2. The van der Waals surface area contributed by atoms with Crippen LogP contribution in [-0.4, -0.2) is 12.1 Å². The van der Waals surface area contributed by atoms with Gasteiger partial charge in [0, 0.05) is 11.7 Å². The van der Waals surface area contributed by atoms with Gasteiger partial charge in [0.15, 0.2) is 0 Å². The predicted molar refractivity (Wildman–Crippen MR) is 79.5 cm³/mol. The summed E-state index contributed by atoms with van der Waals surface area (Å²) in [5.41, 5.74) is 3.69. The number of benzene rings is 1. The molecule has 0 saturated carbocycles. The molecule has 104 valence electrons. The van der Waals surface area contributed by atoms with Crippen LogP contribution in [0.1, 0.15) is 44.7 Å². The van der Waals surface area contributed by atoms with E-state index in [1.54, 1.807) is 0 Å². The van der Waals surface area contributed by atoms with Crippen molar-refractivity contribution in [3.63, 3.8) is 0 Å². The maximum absolute atomic E-state index is 12.0. The Balaban J connectivity index is 2.05. The minimum atomic E-state index is -0.0971. The van der Waals surface area contributed by atoms with Gasteiger partial charge >= 0.3 is 6.03 Å². The minimum Gasteiger partial charge on any atom is -0.335 e. The van der Waals surface area contributed by atoms with Crippen molar-refractivity contribution in [1.29, 1.82) is 0 Å². The zero-order valence-corrected chi connectivity index (χ0v) is 12.1. The van der Waals surface area contributed by atoms with Crippen molar-refractivity contribution in [3.8, 4) is 0 Å². The summed E-state index contributed by atoms with van der Waals surface area (Å²) >= 11 is 0. The van der Waals surface area contributed by atoms with Crippen LogP contribution in [0.4, 0.5) is 10.5 Å². The molecule has 0 aromatic heterocycles. The zero-order valence-electron chi connectivity index (χ0n) is 12.1. The van der Waals surface area contributed by atoms with E-state index in [1.165, 1.54) is 24.0 Å². The summed E-state index contributed by atoms with van der Waals surface area (Å²) in [6.45, 7) is 6.25. The summed E-state index contributed by atoms with van der Waals surface area (Å²) in [6.07, 6.45) is 4.68. The highest BCUT2D eigenvalue weighted by molar-refractivity contribution is 5.90. The fourth-order valence-electron chi connectivity index (χ4n) is 2.43. The number of hydrogen-bond donors (Lipinski definition) is 2. The second-order valence-corrected chi connectivity index (χ2v) is 5.78. The zero-order chi connectivity index (χ0) is 13.8. The molecule has 1 aromatic carbocycles. The van der Waals surface area contributed by atoms with Crippen LogP contribution in [0.2, 0.25) is 0 Å². The molecule has 1 aliphatic carbocycles.